The molecule has 1 aromatic carbocycles. The molecule has 0 radical (unpaired) electrons. The number of H-pyrrole nitrogens is 1. The molecule has 16 heavy (non-hydrogen) atoms. The highest BCUT2D eigenvalue weighted by molar-refractivity contribution is 5.61. The fraction of sp³-hybridized carbons (Fsp3) is 0.100. The third kappa shape index (κ3) is 2.00. The van der Waals surface area contributed by atoms with Crippen molar-refractivity contribution in [3.63, 3.8) is 0 Å². The van der Waals surface area contributed by atoms with Crippen LogP contribution in [0, 0.1) is 0 Å². The van der Waals surface area contributed by atoms with Crippen molar-refractivity contribution in [2.75, 3.05) is 5.73 Å². The summed E-state index contributed by atoms with van der Waals surface area (Å²) in [6, 6.07) is 6.48. The van der Waals surface area contributed by atoms with Gasteiger partial charge < -0.3 is 10.7 Å². The van der Waals surface area contributed by atoms with Gasteiger partial charge in [0.1, 0.15) is 0 Å². The SMILES string of the molecule is Nc1ccc(-c2cnc(C(F)(F)F)[nH]2)cc1. The fourth-order valence-corrected chi connectivity index (χ4v) is 1.27. The van der Waals surface area contributed by atoms with E-state index in [1.807, 2.05) is 0 Å². The number of nitrogens with one attached hydrogen (secondary N) is 1. The van der Waals surface area contributed by atoms with Crippen molar-refractivity contribution in [1.29, 1.82) is 0 Å². The molecule has 0 amide bonds. The number of aromatic nitrogens is 2. The highest BCUT2D eigenvalue weighted by Gasteiger charge is 2.34. The number of halogens is 3. The molecule has 0 aliphatic rings. The molecule has 84 valence electrons. The monoisotopic (exact) mass is 227 g/mol. The zero-order valence-corrected chi connectivity index (χ0v) is 8.05. The molecule has 3 nitrogen and oxygen atoms in total. The molecular formula is C10H8F3N3. The zero-order chi connectivity index (χ0) is 11.8. The minimum Gasteiger partial charge on any atom is -0.399 e. The first-order valence-corrected chi connectivity index (χ1v) is 4.45. The molecule has 2 aromatic rings. The van der Waals surface area contributed by atoms with Gasteiger partial charge >= 0.3 is 6.18 Å². The number of nitrogen functional groups attached to an aromatic ring is 1. The second-order valence-corrected chi connectivity index (χ2v) is 3.27. The summed E-state index contributed by atoms with van der Waals surface area (Å²) in [6.45, 7) is 0. The molecule has 0 unspecified atom stereocenters. The Labute approximate surface area is 89.1 Å². The number of nitrogens with zero attached hydrogens (tertiary/aromatic N) is 1. The molecule has 0 spiro atoms. The first-order valence-electron chi connectivity index (χ1n) is 4.45. The van der Waals surface area contributed by atoms with Crippen molar-refractivity contribution in [3.05, 3.63) is 36.3 Å². The lowest BCUT2D eigenvalue weighted by Crippen LogP contribution is -2.07. The lowest BCUT2D eigenvalue weighted by atomic mass is 10.1. The number of imidazole rings is 1. The third-order valence-electron chi connectivity index (χ3n) is 2.07. The van der Waals surface area contributed by atoms with Crippen LogP contribution in [0.4, 0.5) is 18.9 Å². The maximum atomic E-state index is 12.3. The molecule has 2 rings (SSSR count). The molecule has 0 bridgehead atoms. The minimum atomic E-state index is -4.45. The van der Waals surface area contributed by atoms with Crippen molar-refractivity contribution in [2.24, 2.45) is 0 Å². The Morgan fingerprint density at radius 3 is 2.25 bits per heavy atom. The van der Waals surface area contributed by atoms with Gasteiger partial charge in [-0.25, -0.2) is 4.98 Å². The van der Waals surface area contributed by atoms with Gasteiger partial charge in [-0.2, -0.15) is 13.2 Å². The fourth-order valence-electron chi connectivity index (χ4n) is 1.27. The van der Waals surface area contributed by atoms with Gasteiger partial charge in [0.15, 0.2) is 0 Å². The number of nitrogens with two attached hydrogens (primary N) is 1. The Morgan fingerprint density at radius 1 is 1.12 bits per heavy atom. The van der Waals surface area contributed by atoms with Crippen LogP contribution in [0.25, 0.3) is 11.3 Å². The highest BCUT2D eigenvalue weighted by Crippen LogP contribution is 2.28. The smallest absolute Gasteiger partial charge is 0.399 e. The van der Waals surface area contributed by atoms with Crippen molar-refractivity contribution < 1.29 is 13.2 Å². The first kappa shape index (κ1) is 10.5. The number of aromatic amines is 1. The van der Waals surface area contributed by atoms with Crippen LogP contribution >= 0.6 is 0 Å². The summed E-state index contributed by atoms with van der Waals surface area (Å²) in [4.78, 5) is 5.49. The van der Waals surface area contributed by atoms with Crippen LogP contribution in [0.3, 0.4) is 0 Å². The quantitative estimate of drug-likeness (QED) is 0.736. The molecule has 1 heterocycles. The molecule has 0 atom stereocenters. The summed E-state index contributed by atoms with van der Waals surface area (Å²) in [5.41, 5.74) is 6.95. The van der Waals surface area contributed by atoms with Crippen LogP contribution in [0.15, 0.2) is 30.5 Å². The highest BCUT2D eigenvalue weighted by atomic mass is 19.4. The Hall–Kier alpha value is -1.98. The van der Waals surface area contributed by atoms with E-state index >= 15 is 0 Å². The van der Waals surface area contributed by atoms with Crippen LogP contribution in [0.2, 0.25) is 0 Å². The number of anilines is 1. The van der Waals surface area contributed by atoms with E-state index in [1.54, 1.807) is 24.3 Å². The molecule has 1 aromatic heterocycles. The lowest BCUT2D eigenvalue weighted by Gasteiger charge is -2.01. The Balaban J connectivity index is 2.35. The van der Waals surface area contributed by atoms with Gasteiger partial charge in [0.25, 0.3) is 0 Å². The van der Waals surface area contributed by atoms with E-state index < -0.39 is 12.0 Å². The second kappa shape index (κ2) is 3.55. The first-order chi connectivity index (χ1) is 7.47. The predicted octanol–water partition coefficient (Wildman–Crippen LogP) is 2.68. The van der Waals surface area contributed by atoms with Crippen molar-refractivity contribution in [3.8, 4) is 11.3 Å². The summed E-state index contributed by atoms with van der Waals surface area (Å²) in [7, 11) is 0. The number of benzene rings is 1. The lowest BCUT2D eigenvalue weighted by molar-refractivity contribution is -0.144. The van der Waals surface area contributed by atoms with Gasteiger partial charge in [0.05, 0.1) is 11.9 Å². The molecule has 0 aliphatic heterocycles. The molecule has 6 heteroatoms. The van der Waals surface area contributed by atoms with Gasteiger partial charge in [-0.3, -0.25) is 0 Å². The van der Waals surface area contributed by atoms with E-state index in [0.29, 0.717) is 16.9 Å². The van der Waals surface area contributed by atoms with Crippen LogP contribution < -0.4 is 5.73 Å². The number of hydrogen-bond acceptors (Lipinski definition) is 2. The van der Waals surface area contributed by atoms with E-state index in [0.717, 1.165) is 6.20 Å². The van der Waals surface area contributed by atoms with E-state index in [1.165, 1.54) is 0 Å². The van der Waals surface area contributed by atoms with Crippen molar-refractivity contribution in [1.82, 2.24) is 9.97 Å². The maximum absolute atomic E-state index is 12.3. The Kier molecular flexibility index (Phi) is 2.34. The molecule has 0 fully saturated rings. The average Bonchev–Trinajstić information content (AvgIpc) is 2.67. The van der Waals surface area contributed by atoms with E-state index in [2.05, 4.69) is 9.97 Å². The van der Waals surface area contributed by atoms with Gasteiger partial charge in [-0.1, -0.05) is 12.1 Å². The average molecular weight is 227 g/mol. The summed E-state index contributed by atoms with van der Waals surface area (Å²) in [5, 5.41) is 0. The Morgan fingerprint density at radius 2 is 1.75 bits per heavy atom. The summed E-state index contributed by atoms with van der Waals surface area (Å²) < 4.78 is 36.8. The van der Waals surface area contributed by atoms with Gasteiger partial charge in [-0.15, -0.1) is 0 Å². The van der Waals surface area contributed by atoms with Gasteiger partial charge in [0.2, 0.25) is 5.82 Å². The molecule has 3 N–H and O–H groups in total. The molecule has 0 saturated heterocycles. The van der Waals surface area contributed by atoms with Crippen molar-refractivity contribution >= 4 is 5.69 Å². The standard InChI is InChI=1S/C10H8F3N3/c11-10(12,13)9-15-5-8(16-9)6-1-3-7(14)4-2-6/h1-5H,14H2,(H,15,16). The van der Waals surface area contributed by atoms with E-state index in [-0.39, 0.29) is 0 Å². The normalized spacial score (nSPS) is 11.7. The molecule has 0 aliphatic carbocycles. The summed E-state index contributed by atoms with van der Waals surface area (Å²) in [5.74, 6) is -1.00. The van der Waals surface area contributed by atoms with E-state index in [4.69, 9.17) is 5.73 Å². The number of hydrogen-bond donors (Lipinski definition) is 2. The van der Waals surface area contributed by atoms with Gasteiger partial charge in [-0.05, 0) is 17.7 Å². The predicted molar refractivity (Wildman–Crippen MR) is 53.4 cm³/mol. The third-order valence-corrected chi connectivity index (χ3v) is 2.07. The summed E-state index contributed by atoms with van der Waals surface area (Å²) in [6.07, 6.45) is -3.31. The van der Waals surface area contributed by atoms with Gasteiger partial charge in [0, 0.05) is 5.69 Å². The zero-order valence-electron chi connectivity index (χ0n) is 8.05. The van der Waals surface area contributed by atoms with Crippen molar-refractivity contribution in [2.45, 2.75) is 6.18 Å². The number of alkyl halides is 3. The van der Waals surface area contributed by atoms with E-state index in [9.17, 15) is 13.2 Å². The minimum absolute atomic E-state index is 0.312. The molecule has 0 saturated carbocycles. The number of rotatable bonds is 1. The largest absolute Gasteiger partial charge is 0.449 e. The maximum Gasteiger partial charge on any atom is 0.449 e. The molecular weight excluding hydrogens is 219 g/mol. The van der Waals surface area contributed by atoms with Crippen LogP contribution in [-0.4, -0.2) is 9.97 Å². The second-order valence-electron chi connectivity index (χ2n) is 3.27. The van der Waals surface area contributed by atoms with Crippen LogP contribution in [0.1, 0.15) is 5.82 Å². The van der Waals surface area contributed by atoms with Crippen LogP contribution in [-0.2, 0) is 6.18 Å². The topological polar surface area (TPSA) is 54.7 Å². The van der Waals surface area contributed by atoms with Crippen LogP contribution in [0.5, 0.6) is 0 Å². The Bertz CT molecular complexity index is 485. The summed E-state index contributed by atoms with van der Waals surface area (Å²) >= 11 is 0.